The highest BCUT2D eigenvalue weighted by atomic mass is 19.3. The summed E-state index contributed by atoms with van der Waals surface area (Å²) < 4.78 is 41.0. The molecule has 1 fully saturated rings. The summed E-state index contributed by atoms with van der Waals surface area (Å²) >= 11 is 0. The molecule has 4 rings (SSSR count). The van der Waals surface area contributed by atoms with Crippen molar-refractivity contribution in [2.24, 2.45) is 0 Å². The number of carbonyl (C=O) groups excluding carboxylic acids is 1. The van der Waals surface area contributed by atoms with Gasteiger partial charge >= 0.3 is 0 Å². The summed E-state index contributed by atoms with van der Waals surface area (Å²) in [6.45, 7) is -0.100. The predicted octanol–water partition coefficient (Wildman–Crippen LogP) is 3.62. The molecular weight excluding hydrogens is 411 g/mol. The van der Waals surface area contributed by atoms with Crippen LogP contribution in [-0.4, -0.2) is 56.2 Å². The molecule has 0 unspecified atom stereocenters. The van der Waals surface area contributed by atoms with E-state index in [0.717, 1.165) is 6.21 Å². The summed E-state index contributed by atoms with van der Waals surface area (Å²) in [7, 11) is 0. The van der Waals surface area contributed by atoms with Crippen LogP contribution in [0.25, 0.3) is 11.4 Å². The third-order valence-electron chi connectivity index (χ3n) is 5.01. The molecule has 3 N–H and O–H groups in total. The molecule has 2 aromatic heterocycles. The van der Waals surface area contributed by atoms with Crippen LogP contribution in [-0.2, 0) is 0 Å². The van der Waals surface area contributed by atoms with Crippen molar-refractivity contribution >= 4 is 23.6 Å². The SMILES string of the molecule is N=Cc1cc(C(=O)N2CCC(F)(F)CC2)cnc1Nc1cc(-c2ncn[nH]2)ccc1F. The molecule has 160 valence electrons. The first-order valence-corrected chi connectivity index (χ1v) is 9.46. The van der Waals surface area contributed by atoms with E-state index in [0.29, 0.717) is 11.4 Å². The molecule has 0 spiro atoms. The molecule has 11 heteroatoms. The van der Waals surface area contributed by atoms with Gasteiger partial charge in [0.15, 0.2) is 5.82 Å². The number of rotatable bonds is 5. The molecule has 1 saturated heterocycles. The molecule has 0 radical (unpaired) electrons. The van der Waals surface area contributed by atoms with E-state index >= 15 is 0 Å². The van der Waals surface area contributed by atoms with Crippen molar-refractivity contribution in [1.29, 1.82) is 5.41 Å². The largest absolute Gasteiger partial charge is 0.338 e. The number of anilines is 2. The van der Waals surface area contributed by atoms with Crippen LogP contribution in [0.3, 0.4) is 0 Å². The smallest absolute Gasteiger partial charge is 0.255 e. The van der Waals surface area contributed by atoms with Crippen LogP contribution in [0, 0.1) is 11.2 Å². The highest BCUT2D eigenvalue weighted by Gasteiger charge is 2.35. The highest BCUT2D eigenvalue weighted by Crippen LogP contribution is 2.29. The van der Waals surface area contributed by atoms with Crippen molar-refractivity contribution in [3.05, 3.63) is 53.7 Å². The standard InChI is InChI=1S/C20H18F3N7O/c21-15-2-1-12(18-26-11-27-29-18)8-16(15)28-17-13(9-24)7-14(10-25-17)19(31)30-5-3-20(22,23)4-6-30/h1-2,7-11,24H,3-6H2,(H,25,28)(H,26,27,29). The molecule has 31 heavy (non-hydrogen) atoms. The summed E-state index contributed by atoms with van der Waals surface area (Å²) in [6.07, 6.45) is 2.82. The van der Waals surface area contributed by atoms with Crippen LogP contribution < -0.4 is 5.32 Å². The van der Waals surface area contributed by atoms with E-state index in [1.165, 1.54) is 41.7 Å². The van der Waals surface area contributed by atoms with E-state index in [2.05, 4.69) is 25.5 Å². The number of hydrogen-bond acceptors (Lipinski definition) is 6. The van der Waals surface area contributed by atoms with Crippen LogP contribution >= 0.6 is 0 Å². The number of H-pyrrole nitrogens is 1. The van der Waals surface area contributed by atoms with E-state index in [4.69, 9.17) is 5.41 Å². The van der Waals surface area contributed by atoms with Crippen molar-refractivity contribution in [2.45, 2.75) is 18.8 Å². The lowest BCUT2D eigenvalue weighted by molar-refractivity contribution is -0.0494. The summed E-state index contributed by atoms with van der Waals surface area (Å²) in [5.74, 6) is -3.11. The van der Waals surface area contributed by atoms with Crippen molar-refractivity contribution in [3.8, 4) is 11.4 Å². The zero-order chi connectivity index (χ0) is 22.0. The van der Waals surface area contributed by atoms with E-state index in [-0.39, 0.29) is 48.6 Å². The number of nitrogens with one attached hydrogen (secondary N) is 3. The third-order valence-corrected chi connectivity index (χ3v) is 5.01. The summed E-state index contributed by atoms with van der Waals surface area (Å²) in [5, 5.41) is 16.9. The molecule has 1 aliphatic heterocycles. The van der Waals surface area contributed by atoms with E-state index in [9.17, 15) is 18.0 Å². The Bertz CT molecular complexity index is 1110. The average molecular weight is 429 g/mol. The van der Waals surface area contributed by atoms with Crippen molar-refractivity contribution in [1.82, 2.24) is 25.1 Å². The molecule has 3 aromatic rings. The molecular formula is C20H18F3N7O. The fourth-order valence-corrected chi connectivity index (χ4v) is 3.27. The first kappa shape index (κ1) is 20.5. The van der Waals surface area contributed by atoms with Gasteiger partial charge in [0.1, 0.15) is 18.0 Å². The minimum Gasteiger partial charge on any atom is -0.338 e. The van der Waals surface area contributed by atoms with Crippen molar-refractivity contribution in [2.75, 3.05) is 18.4 Å². The Hall–Kier alpha value is -3.76. The monoisotopic (exact) mass is 429 g/mol. The topological polar surface area (TPSA) is 111 Å². The van der Waals surface area contributed by atoms with Crippen LogP contribution in [0.15, 0.2) is 36.8 Å². The molecule has 0 bridgehead atoms. The zero-order valence-corrected chi connectivity index (χ0v) is 16.2. The Morgan fingerprint density at radius 3 is 2.68 bits per heavy atom. The second-order valence-electron chi connectivity index (χ2n) is 7.11. The van der Waals surface area contributed by atoms with Gasteiger partial charge in [-0.25, -0.2) is 23.1 Å². The van der Waals surface area contributed by atoms with Crippen molar-refractivity contribution < 1.29 is 18.0 Å². The minimum absolute atomic E-state index is 0.0502. The quantitative estimate of drug-likeness (QED) is 0.537. The number of aromatic nitrogens is 4. The second-order valence-corrected chi connectivity index (χ2v) is 7.11. The van der Waals surface area contributed by atoms with Crippen LogP contribution in [0.2, 0.25) is 0 Å². The lowest BCUT2D eigenvalue weighted by Gasteiger charge is -2.31. The molecule has 0 saturated carbocycles. The summed E-state index contributed by atoms with van der Waals surface area (Å²) in [5.41, 5.74) is 1.11. The lowest BCUT2D eigenvalue weighted by Crippen LogP contribution is -2.42. The highest BCUT2D eigenvalue weighted by molar-refractivity contribution is 5.97. The molecule has 1 aliphatic rings. The number of benzene rings is 1. The Morgan fingerprint density at radius 2 is 2.00 bits per heavy atom. The Kier molecular flexibility index (Phi) is 5.40. The second kappa shape index (κ2) is 8.17. The number of likely N-dealkylation sites (tertiary alicyclic amines) is 1. The van der Waals surface area contributed by atoms with E-state index < -0.39 is 17.6 Å². The van der Waals surface area contributed by atoms with Gasteiger partial charge in [-0.15, -0.1) is 0 Å². The maximum Gasteiger partial charge on any atom is 0.255 e. The van der Waals surface area contributed by atoms with Gasteiger partial charge in [-0.2, -0.15) is 5.10 Å². The fraction of sp³-hybridized carbons (Fsp3) is 0.250. The number of hydrogen-bond donors (Lipinski definition) is 3. The average Bonchev–Trinajstić information content (AvgIpc) is 3.30. The first-order chi connectivity index (χ1) is 14.9. The Morgan fingerprint density at radius 1 is 1.23 bits per heavy atom. The number of amides is 1. The van der Waals surface area contributed by atoms with Gasteiger partial charge in [0.05, 0.1) is 11.3 Å². The van der Waals surface area contributed by atoms with Crippen molar-refractivity contribution in [3.63, 3.8) is 0 Å². The number of carbonyl (C=O) groups is 1. The van der Waals surface area contributed by atoms with Gasteiger partial charge < -0.3 is 15.6 Å². The lowest BCUT2D eigenvalue weighted by atomic mass is 10.1. The maximum absolute atomic E-state index is 14.3. The number of nitrogens with zero attached hydrogens (tertiary/aromatic N) is 4. The molecule has 3 heterocycles. The molecule has 0 atom stereocenters. The normalized spacial score (nSPS) is 15.5. The van der Waals surface area contributed by atoms with Gasteiger partial charge in [0, 0.05) is 49.5 Å². The first-order valence-electron chi connectivity index (χ1n) is 9.46. The summed E-state index contributed by atoms with van der Waals surface area (Å²) in [6, 6.07) is 5.73. The number of halogens is 3. The fourth-order valence-electron chi connectivity index (χ4n) is 3.27. The van der Waals surface area contributed by atoms with Gasteiger partial charge in [-0.1, -0.05) is 0 Å². The van der Waals surface area contributed by atoms with E-state index in [1.54, 1.807) is 0 Å². The number of alkyl halides is 2. The number of piperidine rings is 1. The predicted molar refractivity (Wildman–Crippen MR) is 107 cm³/mol. The molecule has 8 nitrogen and oxygen atoms in total. The minimum atomic E-state index is -2.76. The number of aromatic amines is 1. The maximum atomic E-state index is 14.3. The third kappa shape index (κ3) is 4.39. The van der Waals surface area contributed by atoms with Gasteiger partial charge in [-0.05, 0) is 24.3 Å². The van der Waals surface area contributed by atoms with Crippen LogP contribution in [0.5, 0.6) is 0 Å². The Balaban J connectivity index is 1.56. The van der Waals surface area contributed by atoms with Gasteiger partial charge in [0.25, 0.3) is 11.8 Å². The molecule has 0 aliphatic carbocycles. The van der Waals surface area contributed by atoms with Gasteiger partial charge in [-0.3, -0.25) is 9.89 Å². The van der Waals surface area contributed by atoms with Crippen LogP contribution in [0.1, 0.15) is 28.8 Å². The zero-order valence-electron chi connectivity index (χ0n) is 16.2. The molecule has 1 aromatic carbocycles. The van der Waals surface area contributed by atoms with Crippen LogP contribution in [0.4, 0.5) is 24.7 Å². The van der Waals surface area contributed by atoms with Gasteiger partial charge in [0.2, 0.25) is 0 Å². The molecule has 1 amide bonds. The number of pyridine rings is 1. The Labute approximate surface area is 175 Å². The summed E-state index contributed by atoms with van der Waals surface area (Å²) in [4.78, 5) is 22.2. The van der Waals surface area contributed by atoms with E-state index in [1.807, 2.05) is 0 Å².